The number of hydrogen-bond acceptors (Lipinski definition) is 5. The summed E-state index contributed by atoms with van der Waals surface area (Å²) in [6, 6.07) is 0. The highest BCUT2D eigenvalue weighted by Gasteiger charge is 2.68. The van der Waals surface area contributed by atoms with Gasteiger partial charge >= 0.3 is 0 Å². The number of fused-ring (bicyclic) bond motifs is 2. The number of Topliss-reactive ketones (excluding diaryl/α,β-unsaturated/α-hetero) is 1. The molecular weight excluding hydrogens is 344 g/mol. The Balaban J connectivity index is 1.66. The highest BCUT2D eigenvalue weighted by atomic mass is 16.6. The van der Waals surface area contributed by atoms with Gasteiger partial charge in [0, 0.05) is 11.8 Å². The van der Waals surface area contributed by atoms with Crippen molar-refractivity contribution in [2.45, 2.75) is 77.3 Å². The quantitative estimate of drug-likeness (QED) is 0.519. The SMILES string of the molecule is CC1=CCC2C(C)(C)C(=O)CCC2(C)C1CC12OC1C(O)C(CO)=CC2O. The molecule has 5 nitrogen and oxygen atoms in total. The molecule has 0 bridgehead atoms. The Kier molecular flexibility index (Phi) is 4.29. The largest absolute Gasteiger partial charge is 0.392 e. The maximum atomic E-state index is 12.6. The summed E-state index contributed by atoms with van der Waals surface area (Å²) < 4.78 is 5.91. The van der Waals surface area contributed by atoms with Crippen LogP contribution in [0.1, 0.15) is 53.4 Å². The van der Waals surface area contributed by atoms with Crippen molar-refractivity contribution in [1.82, 2.24) is 0 Å². The highest BCUT2D eigenvalue weighted by molar-refractivity contribution is 5.85. The molecule has 27 heavy (non-hydrogen) atoms. The van der Waals surface area contributed by atoms with Crippen molar-refractivity contribution in [3.8, 4) is 0 Å². The molecule has 3 N–H and O–H groups in total. The molecule has 5 heteroatoms. The zero-order valence-corrected chi connectivity index (χ0v) is 16.7. The monoisotopic (exact) mass is 376 g/mol. The van der Waals surface area contributed by atoms with Gasteiger partial charge in [-0.05, 0) is 55.1 Å². The summed E-state index contributed by atoms with van der Waals surface area (Å²) in [5.74, 6) is 0.807. The molecule has 7 atom stereocenters. The molecule has 0 radical (unpaired) electrons. The van der Waals surface area contributed by atoms with Gasteiger partial charge in [-0.2, -0.15) is 0 Å². The third kappa shape index (κ3) is 2.55. The molecule has 3 aliphatic carbocycles. The van der Waals surface area contributed by atoms with E-state index in [9.17, 15) is 20.1 Å². The van der Waals surface area contributed by atoms with Gasteiger partial charge in [-0.1, -0.05) is 32.4 Å². The molecule has 0 aromatic rings. The van der Waals surface area contributed by atoms with E-state index in [0.29, 0.717) is 24.2 Å². The normalized spacial score (nSPS) is 48.3. The van der Waals surface area contributed by atoms with Crippen molar-refractivity contribution in [2.75, 3.05) is 6.61 Å². The molecule has 1 heterocycles. The molecule has 0 aromatic carbocycles. The molecule has 1 saturated heterocycles. The predicted molar refractivity (Wildman–Crippen MR) is 101 cm³/mol. The minimum absolute atomic E-state index is 0.0346. The first-order valence-electron chi connectivity index (χ1n) is 10.1. The number of aliphatic hydroxyl groups excluding tert-OH is 3. The average molecular weight is 376 g/mol. The summed E-state index contributed by atoms with van der Waals surface area (Å²) in [7, 11) is 0. The fraction of sp³-hybridized carbons (Fsp3) is 0.773. The molecule has 0 aromatic heterocycles. The standard InChI is InChI=1S/C22H32O5/c1-12-5-6-15-20(2,3)16(24)7-8-21(15,4)14(12)10-22-17(25)9-13(11-23)18(26)19(22)27-22/h5,9,14-15,17-19,23,25-26H,6-8,10-11H2,1-4H3. The van der Waals surface area contributed by atoms with Crippen molar-refractivity contribution in [3.05, 3.63) is 23.3 Å². The third-order valence-corrected chi connectivity index (χ3v) is 8.31. The van der Waals surface area contributed by atoms with Crippen molar-refractivity contribution in [2.24, 2.45) is 22.7 Å². The van der Waals surface area contributed by atoms with E-state index >= 15 is 0 Å². The van der Waals surface area contributed by atoms with Gasteiger partial charge in [0.15, 0.2) is 0 Å². The van der Waals surface area contributed by atoms with Gasteiger partial charge in [0.2, 0.25) is 0 Å². The number of epoxide rings is 1. The fourth-order valence-corrected chi connectivity index (χ4v) is 6.40. The lowest BCUT2D eigenvalue weighted by molar-refractivity contribution is -0.143. The summed E-state index contributed by atoms with van der Waals surface area (Å²) in [6.07, 6.45) is 4.65. The number of allylic oxidation sites excluding steroid dienone is 2. The van der Waals surface area contributed by atoms with Crippen molar-refractivity contribution in [3.63, 3.8) is 0 Å². The number of ketones is 1. The van der Waals surface area contributed by atoms with E-state index in [1.54, 1.807) is 6.08 Å². The summed E-state index contributed by atoms with van der Waals surface area (Å²) in [5.41, 5.74) is 0.561. The number of ether oxygens (including phenoxy) is 1. The van der Waals surface area contributed by atoms with Gasteiger partial charge in [-0.3, -0.25) is 4.79 Å². The second-order valence-corrected chi connectivity index (χ2v) is 9.93. The number of rotatable bonds is 3. The maximum Gasteiger partial charge on any atom is 0.138 e. The first-order chi connectivity index (χ1) is 12.6. The Morgan fingerprint density at radius 3 is 2.63 bits per heavy atom. The Hall–Kier alpha value is -1.01. The second kappa shape index (κ2) is 5.99. The lowest BCUT2D eigenvalue weighted by atomic mass is 9.47. The van der Waals surface area contributed by atoms with Crippen LogP contribution in [-0.2, 0) is 9.53 Å². The number of hydrogen-bond donors (Lipinski definition) is 3. The number of carbonyl (C=O) groups excluding carboxylic acids is 1. The summed E-state index contributed by atoms with van der Waals surface area (Å²) in [5, 5.41) is 30.6. The van der Waals surface area contributed by atoms with E-state index in [0.717, 1.165) is 12.8 Å². The van der Waals surface area contributed by atoms with Crippen LogP contribution in [0.2, 0.25) is 0 Å². The van der Waals surface area contributed by atoms with Crippen LogP contribution in [0.25, 0.3) is 0 Å². The van der Waals surface area contributed by atoms with Gasteiger partial charge in [0.05, 0.1) is 6.61 Å². The molecule has 0 spiro atoms. The minimum atomic E-state index is -0.862. The number of carbonyl (C=O) groups is 1. The summed E-state index contributed by atoms with van der Waals surface area (Å²) >= 11 is 0. The minimum Gasteiger partial charge on any atom is -0.392 e. The molecule has 1 aliphatic heterocycles. The third-order valence-electron chi connectivity index (χ3n) is 8.31. The Labute approximate surface area is 161 Å². The summed E-state index contributed by atoms with van der Waals surface area (Å²) in [4.78, 5) is 12.6. The van der Waals surface area contributed by atoms with E-state index < -0.39 is 23.9 Å². The Bertz CT molecular complexity index is 722. The predicted octanol–water partition coefficient (Wildman–Crippen LogP) is 2.15. The zero-order chi connectivity index (χ0) is 19.8. The van der Waals surface area contributed by atoms with Crippen LogP contribution < -0.4 is 0 Å². The Morgan fingerprint density at radius 1 is 1.26 bits per heavy atom. The van der Waals surface area contributed by atoms with Crippen LogP contribution in [0.5, 0.6) is 0 Å². The van der Waals surface area contributed by atoms with Crippen molar-refractivity contribution < 1.29 is 24.9 Å². The second-order valence-electron chi connectivity index (χ2n) is 9.93. The van der Waals surface area contributed by atoms with Gasteiger partial charge in [0.1, 0.15) is 29.7 Å². The lowest BCUT2D eigenvalue weighted by Gasteiger charge is -2.56. The van der Waals surface area contributed by atoms with Crippen LogP contribution >= 0.6 is 0 Å². The molecule has 150 valence electrons. The van der Waals surface area contributed by atoms with Crippen molar-refractivity contribution >= 4 is 5.78 Å². The highest BCUT2D eigenvalue weighted by Crippen LogP contribution is 2.62. The van der Waals surface area contributed by atoms with Gasteiger partial charge < -0.3 is 20.1 Å². The van der Waals surface area contributed by atoms with Crippen LogP contribution in [0.3, 0.4) is 0 Å². The molecule has 1 saturated carbocycles. The fourth-order valence-electron chi connectivity index (χ4n) is 6.40. The first kappa shape index (κ1) is 19.3. The first-order valence-corrected chi connectivity index (χ1v) is 10.1. The average Bonchev–Trinajstić information content (AvgIpc) is 3.35. The van der Waals surface area contributed by atoms with Crippen molar-refractivity contribution in [1.29, 1.82) is 0 Å². The van der Waals surface area contributed by atoms with Gasteiger partial charge in [-0.25, -0.2) is 0 Å². The molecule has 7 unspecified atom stereocenters. The van der Waals surface area contributed by atoms with E-state index in [-0.39, 0.29) is 29.3 Å². The maximum absolute atomic E-state index is 12.6. The summed E-state index contributed by atoms with van der Waals surface area (Å²) in [6.45, 7) is 8.32. The Morgan fingerprint density at radius 2 is 1.96 bits per heavy atom. The topological polar surface area (TPSA) is 90.3 Å². The number of aliphatic hydroxyl groups is 3. The van der Waals surface area contributed by atoms with Gasteiger partial charge in [-0.15, -0.1) is 0 Å². The van der Waals surface area contributed by atoms with Crippen LogP contribution in [-0.4, -0.2) is 51.6 Å². The van der Waals surface area contributed by atoms with Gasteiger partial charge in [0.25, 0.3) is 0 Å². The molecule has 0 amide bonds. The lowest BCUT2D eigenvalue weighted by Crippen LogP contribution is -2.54. The van der Waals surface area contributed by atoms with Crippen LogP contribution in [0.15, 0.2) is 23.3 Å². The van der Waals surface area contributed by atoms with E-state index in [1.165, 1.54) is 5.57 Å². The molecule has 4 rings (SSSR count). The van der Waals surface area contributed by atoms with E-state index in [4.69, 9.17) is 4.74 Å². The van der Waals surface area contributed by atoms with Crippen LogP contribution in [0, 0.1) is 22.7 Å². The molecular formula is C22H32O5. The van der Waals surface area contributed by atoms with Crippen LogP contribution in [0.4, 0.5) is 0 Å². The van der Waals surface area contributed by atoms with E-state index in [1.807, 2.05) is 0 Å². The molecule has 2 fully saturated rings. The smallest absolute Gasteiger partial charge is 0.138 e. The molecule has 4 aliphatic rings. The zero-order valence-electron chi connectivity index (χ0n) is 16.7. The van der Waals surface area contributed by atoms with E-state index in [2.05, 4.69) is 33.8 Å².